The molecule has 0 spiro atoms. The Morgan fingerprint density at radius 2 is 1.77 bits per heavy atom. The van der Waals surface area contributed by atoms with Crippen LogP contribution in [0.15, 0.2) is 4.40 Å². The molecule has 0 atom stereocenters. The second-order valence-electron chi connectivity index (χ2n) is 3.42. The van der Waals surface area contributed by atoms with Crippen molar-refractivity contribution in [2.24, 2.45) is 4.40 Å². The maximum atomic E-state index is 10.9. The van der Waals surface area contributed by atoms with Crippen molar-refractivity contribution in [3.63, 3.8) is 0 Å². The van der Waals surface area contributed by atoms with Crippen LogP contribution >= 0.6 is 0 Å². The van der Waals surface area contributed by atoms with E-state index in [0.29, 0.717) is 5.84 Å². The number of sulfonamides is 1. The first-order chi connectivity index (χ1) is 5.99. The maximum absolute atomic E-state index is 10.9. The highest BCUT2D eigenvalue weighted by atomic mass is 32.2. The lowest BCUT2D eigenvalue weighted by Crippen LogP contribution is -2.34. The van der Waals surface area contributed by atoms with Gasteiger partial charge in [-0.25, -0.2) is 8.42 Å². The number of hydrogen-bond acceptors (Lipinski definition) is 2. The molecule has 76 valence electrons. The molecule has 4 nitrogen and oxygen atoms in total. The molecule has 0 aromatic heterocycles. The van der Waals surface area contributed by atoms with Crippen molar-refractivity contribution in [2.45, 2.75) is 26.2 Å². The molecule has 0 radical (unpaired) electrons. The van der Waals surface area contributed by atoms with Crippen LogP contribution in [0.2, 0.25) is 0 Å². The molecule has 13 heavy (non-hydrogen) atoms. The molecule has 0 unspecified atom stereocenters. The van der Waals surface area contributed by atoms with Crippen LogP contribution < -0.4 is 0 Å². The molecule has 0 aromatic carbocycles. The van der Waals surface area contributed by atoms with E-state index in [1.54, 1.807) is 6.92 Å². The van der Waals surface area contributed by atoms with Gasteiger partial charge in [0, 0.05) is 13.1 Å². The highest BCUT2D eigenvalue weighted by Crippen LogP contribution is 2.09. The van der Waals surface area contributed by atoms with Crippen LogP contribution in [0, 0.1) is 0 Å². The van der Waals surface area contributed by atoms with Crippen LogP contribution in [-0.2, 0) is 10.0 Å². The Labute approximate surface area is 79.7 Å². The van der Waals surface area contributed by atoms with E-state index in [1.807, 2.05) is 4.90 Å². The van der Waals surface area contributed by atoms with Gasteiger partial charge in [0.15, 0.2) is 0 Å². The zero-order valence-corrected chi connectivity index (χ0v) is 8.97. The van der Waals surface area contributed by atoms with Crippen molar-refractivity contribution in [3.8, 4) is 0 Å². The van der Waals surface area contributed by atoms with Crippen LogP contribution in [0.3, 0.4) is 0 Å². The number of rotatable bonds is 1. The van der Waals surface area contributed by atoms with Gasteiger partial charge in [0.2, 0.25) is 0 Å². The molecule has 0 bridgehead atoms. The van der Waals surface area contributed by atoms with E-state index >= 15 is 0 Å². The van der Waals surface area contributed by atoms with Gasteiger partial charge in [-0.1, -0.05) is 0 Å². The van der Waals surface area contributed by atoms with Gasteiger partial charge in [0.05, 0.1) is 6.26 Å². The van der Waals surface area contributed by atoms with Gasteiger partial charge < -0.3 is 4.90 Å². The van der Waals surface area contributed by atoms with Gasteiger partial charge in [-0.3, -0.25) is 0 Å². The van der Waals surface area contributed by atoms with Crippen molar-refractivity contribution in [1.82, 2.24) is 4.90 Å². The van der Waals surface area contributed by atoms with E-state index in [-0.39, 0.29) is 0 Å². The Hall–Kier alpha value is -0.580. The Morgan fingerprint density at radius 1 is 1.23 bits per heavy atom. The topological polar surface area (TPSA) is 49.7 Å². The Kier molecular flexibility index (Phi) is 3.30. The summed E-state index contributed by atoms with van der Waals surface area (Å²) in [6.45, 7) is 3.63. The molecule has 0 amide bonds. The second-order valence-corrected chi connectivity index (χ2v) is 5.07. The maximum Gasteiger partial charge on any atom is 0.251 e. The standard InChI is InChI=1S/C8H16N2O2S/c1-8(9-13(2,11)12)10-6-4-3-5-7-10/h3-7H2,1-2H3/b9-8-. The average molecular weight is 204 g/mol. The Morgan fingerprint density at radius 3 is 2.23 bits per heavy atom. The zero-order chi connectivity index (χ0) is 9.90. The highest BCUT2D eigenvalue weighted by Gasteiger charge is 2.12. The van der Waals surface area contributed by atoms with Gasteiger partial charge in [-0.15, -0.1) is 0 Å². The first-order valence-electron chi connectivity index (χ1n) is 4.50. The minimum Gasteiger partial charge on any atom is -0.360 e. The summed E-state index contributed by atoms with van der Waals surface area (Å²) in [5.41, 5.74) is 0. The molecular weight excluding hydrogens is 188 g/mol. The van der Waals surface area contributed by atoms with Crippen molar-refractivity contribution >= 4 is 15.9 Å². The monoisotopic (exact) mass is 204 g/mol. The van der Waals surface area contributed by atoms with Crippen LogP contribution in [0.1, 0.15) is 26.2 Å². The average Bonchev–Trinajstić information content (AvgIpc) is 2.03. The smallest absolute Gasteiger partial charge is 0.251 e. The molecule has 1 aliphatic heterocycles. The Bertz CT molecular complexity index is 289. The van der Waals surface area contributed by atoms with E-state index in [1.165, 1.54) is 6.42 Å². The summed E-state index contributed by atoms with van der Waals surface area (Å²) >= 11 is 0. The molecule has 0 aromatic rings. The molecule has 1 aliphatic rings. The van der Waals surface area contributed by atoms with Crippen LogP contribution in [0.25, 0.3) is 0 Å². The number of likely N-dealkylation sites (tertiary alicyclic amines) is 1. The summed E-state index contributed by atoms with van der Waals surface area (Å²) in [5, 5.41) is 0. The minimum atomic E-state index is -3.23. The fraction of sp³-hybridized carbons (Fsp3) is 0.875. The quantitative estimate of drug-likeness (QED) is 0.470. The minimum absolute atomic E-state index is 0.627. The molecule has 0 aliphatic carbocycles. The number of amidine groups is 1. The van der Waals surface area contributed by atoms with Gasteiger partial charge >= 0.3 is 0 Å². The summed E-state index contributed by atoms with van der Waals surface area (Å²) in [6.07, 6.45) is 4.64. The molecule has 1 fully saturated rings. The van der Waals surface area contributed by atoms with Crippen molar-refractivity contribution < 1.29 is 8.42 Å². The summed E-state index contributed by atoms with van der Waals surface area (Å²) in [6, 6.07) is 0. The lowest BCUT2D eigenvalue weighted by molar-refractivity contribution is 0.341. The molecular formula is C8H16N2O2S. The van der Waals surface area contributed by atoms with E-state index in [4.69, 9.17) is 0 Å². The number of hydrogen-bond donors (Lipinski definition) is 0. The fourth-order valence-corrected chi connectivity index (χ4v) is 2.11. The van der Waals surface area contributed by atoms with Crippen molar-refractivity contribution in [2.75, 3.05) is 19.3 Å². The third kappa shape index (κ3) is 3.76. The number of nitrogens with zero attached hydrogens (tertiary/aromatic N) is 2. The largest absolute Gasteiger partial charge is 0.360 e. The molecule has 5 heteroatoms. The molecule has 0 saturated carbocycles. The normalized spacial score (nSPS) is 20.5. The fourth-order valence-electron chi connectivity index (χ4n) is 1.52. The van der Waals surface area contributed by atoms with Crippen LogP contribution in [0.4, 0.5) is 0 Å². The first kappa shape index (κ1) is 10.5. The number of piperidine rings is 1. The summed E-state index contributed by atoms with van der Waals surface area (Å²) in [4.78, 5) is 2.03. The third-order valence-electron chi connectivity index (χ3n) is 2.11. The zero-order valence-electron chi connectivity index (χ0n) is 8.15. The Balaban J connectivity index is 2.65. The van der Waals surface area contributed by atoms with Crippen molar-refractivity contribution in [1.29, 1.82) is 0 Å². The van der Waals surface area contributed by atoms with Gasteiger partial charge in [0.1, 0.15) is 5.84 Å². The van der Waals surface area contributed by atoms with Crippen molar-refractivity contribution in [3.05, 3.63) is 0 Å². The van der Waals surface area contributed by atoms with E-state index in [9.17, 15) is 8.42 Å². The lowest BCUT2D eigenvalue weighted by Gasteiger charge is -2.27. The van der Waals surface area contributed by atoms with E-state index in [0.717, 1.165) is 32.2 Å². The summed E-state index contributed by atoms with van der Waals surface area (Å²) in [5.74, 6) is 0.627. The van der Waals surface area contributed by atoms with E-state index in [2.05, 4.69) is 4.40 Å². The summed E-state index contributed by atoms with van der Waals surface area (Å²) in [7, 11) is -3.23. The highest BCUT2D eigenvalue weighted by molar-refractivity contribution is 7.89. The van der Waals surface area contributed by atoms with Crippen LogP contribution in [-0.4, -0.2) is 38.5 Å². The molecule has 1 heterocycles. The molecule has 1 saturated heterocycles. The molecule has 0 N–H and O–H groups in total. The summed E-state index contributed by atoms with van der Waals surface area (Å²) < 4.78 is 25.4. The predicted molar refractivity (Wildman–Crippen MR) is 53.4 cm³/mol. The predicted octanol–water partition coefficient (Wildman–Crippen LogP) is 0.850. The first-order valence-corrected chi connectivity index (χ1v) is 6.35. The van der Waals surface area contributed by atoms with Gasteiger partial charge in [-0.2, -0.15) is 4.40 Å². The van der Waals surface area contributed by atoms with Gasteiger partial charge in [-0.05, 0) is 26.2 Å². The molecule has 1 rings (SSSR count). The van der Waals surface area contributed by atoms with Crippen LogP contribution in [0.5, 0.6) is 0 Å². The SMILES string of the molecule is C/C(=N/S(C)(=O)=O)N1CCCCC1. The van der Waals surface area contributed by atoms with E-state index < -0.39 is 10.0 Å². The third-order valence-corrected chi connectivity index (χ3v) is 2.71. The second kappa shape index (κ2) is 4.09. The lowest BCUT2D eigenvalue weighted by atomic mass is 10.1. The van der Waals surface area contributed by atoms with Gasteiger partial charge in [0.25, 0.3) is 10.0 Å².